The van der Waals surface area contributed by atoms with Gasteiger partial charge in [-0.25, -0.2) is 14.8 Å². The van der Waals surface area contributed by atoms with Crippen LogP contribution in [-0.2, 0) is 4.79 Å². The van der Waals surface area contributed by atoms with E-state index in [4.69, 9.17) is 10.2 Å². The van der Waals surface area contributed by atoms with Gasteiger partial charge in [0.25, 0.3) is 0 Å². The number of aromatic nitrogens is 4. The Morgan fingerprint density at radius 1 is 0.733 bits per heavy atom. The number of carboxylic acids is 1. The van der Waals surface area contributed by atoms with Crippen molar-refractivity contribution in [2.45, 2.75) is 13.0 Å². The second-order valence-corrected chi connectivity index (χ2v) is 6.92. The molecule has 2 aliphatic rings. The summed E-state index contributed by atoms with van der Waals surface area (Å²) in [4.78, 5) is 25.5. The molecule has 4 N–H and O–H groups in total. The average molecular weight is 400 g/mol. The normalized spacial score (nSPS) is 12.9. The average Bonchev–Trinajstić information content (AvgIpc) is 3.47. The van der Waals surface area contributed by atoms with Gasteiger partial charge in [0.05, 0.1) is 22.8 Å². The fraction of sp³-hybridized carbons (Fsp3) is 0.0870. The number of aliphatic hydroxyl groups excluding tert-OH is 1. The van der Waals surface area contributed by atoms with Crippen molar-refractivity contribution in [2.24, 2.45) is 0 Å². The lowest BCUT2D eigenvalue weighted by atomic mass is 10.3. The third kappa shape index (κ3) is 4.71. The van der Waals surface area contributed by atoms with Crippen molar-refractivity contribution in [2.75, 3.05) is 0 Å². The van der Waals surface area contributed by atoms with Gasteiger partial charge < -0.3 is 20.2 Å². The van der Waals surface area contributed by atoms with Crippen LogP contribution in [0.5, 0.6) is 0 Å². The predicted molar refractivity (Wildman–Crippen MR) is 118 cm³/mol. The first-order chi connectivity index (χ1) is 14.4. The Labute approximate surface area is 172 Å². The number of carbonyl (C=O) groups is 1. The van der Waals surface area contributed by atoms with E-state index in [1.54, 1.807) is 0 Å². The Balaban J connectivity index is 0.000000322. The lowest BCUT2D eigenvalue weighted by Gasteiger charge is -1.89. The van der Waals surface area contributed by atoms with E-state index in [1.807, 2.05) is 42.5 Å². The molecule has 8 bridgehead atoms. The summed E-state index contributed by atoms with van der Waals surface area (Å²) >= 11 is 0. The van der Waals surface area contributed by atoms with Gasteiger partial charge in [0.15, 0.2) is 0 Å². The summed E-state index contributed by atoms with van der Waals surface area (Å²) in [6, 6.07) is 16.4. The van der Waals surface area contributed by atoms with Crippen LogP contribution < -0.4 is 0 Å². The first-order valence-electron chi connectivity index (χ1n) is 9.40. The second-order valence-electron chi connectivity index (χ2n) is 6.92. The molecule has 3 aromatic rings. The van der Waals surface area contributed by atoms with E-state index in [0.29, 0.717) is 0 Å². The summed E-state index contributed by atoms with van der Waals surface area (Å²) in [7, 11) is 0. The number of nitrogens with zero attached hydrogens (tertiary/aromatic N) is 2. The first kappa shape index (κ1) is 19.4. The molecule has 5 heterocycles. The van der Waals surface area contributed by atoms with Crippen LogP contribution in [0, 0.1) is 0 Å². The Bertz CT molecular complexity index is 1220. The first-order valence-corrected chi connectivity index (χ1v) is 9.40. The van der Waals surface area contributed by atoms with Crippen molar-refractivity contribution in [1.82, 2.24) is 19.9 Å². The van der Waals surface area contributed by atoms with Crippen LogP contribution in [-0.4, -0.2) is 42.2 Å². The van der Waals surface area contributed by atoms with E-state index in [2.05, 4.69) is 50.3 Å². The minimum absolute atomic E-state index is 0.915. The van der Waals surface area contributed by atoms with Gasteiger partial charge in [0, 0.05) is 22.1 Å². The molecule has 0 fully saturated rings. The zero-order valence-electron chi connectivity index (χ0n) is 16.2. The van der Waals surface area contributed by atoms with Gasteiger partial charge in [-0.2, -0.15) is 0 Å². The van der Waals surface area contributed by atoms with Crippen molar-refractivity contribution in [3.63, 3.8) is 0 Å². The molecule has 0 aliphatic carbocycles. The van der Waals surface area contributed by atoms with Gasteiger partial charge >= 0.3 is 5.97 Å². The molecule has 7 nitrogen and oxygen atoms in total. The summed E-state index contributed by atoms with van der Waals surface area (Å²) in [6.07, 6.45) is 6.82. The minimum Gasteiger partial charge on any atom is -0.479 e. The van der Waals surface area contributed by atoms with E-state index in [9.17, 15) is 4.79 Å². The zero-order valence-corrected chi connectivity index (χ0v) is 16.2. The van der Waals surface area contributed by atoms with Crippen LogP contribution >= 0.6 is 0 Å². The van der Waals surface area contributed by atoms with Gasteiger partial charge in [0.1, 0.15) is 6.10 Å². The molecular weight excluding hydrogens is 380 g/mol. The number of hydrogen-bond donors (Lipinski definition) is 4. The van der Waals surface area contributed by atoms with E-state index in [-0.39, 0.29) is 0 Å². The summed E-state index contributed by atoms with van der Waals surface area (Å²) in [6.45, 7) is 1.20. The number of hydrogen-bond acceptors (Lipinski definition) is 4. The standard InChI is InChI=1S/C20H14N4.C3H6O3/c1-2-14-10-16-5-6-18(23-16)12-20-8-7-19(24-20)11-17-4-3-15(22-17)9-13(1)21-14;1-2(4)3(5)6/h1-12,21-22H;2,4H,1H3,(H,5,6). The van der Waals surface area contributed by atoms with E-state index in [0.717, 1.165) is 44.8 Å². The topological polar surface area (TPSA) is 115 Å². The molecule has 2 aliphatic heterocycles. The zero-order chi connectivity index (χ0) is 21.1. The van der Waals surface area contributed by atoms with Crippen LogP contribution in [0.2, 0.25) is 0 Å². The molecule has 1 atom stereocenters. The molecule has 0 saturated heterocycles. The number of carboxylic acid groups (broad SMARTS) is 1. The highest BCUT2D eigenvalue weighted by atomic mass is 16.4. The van der Waals surface area contributed by atoms with Crippen molar-refractivity contribution >= 4 is 52.3 Å². The maximum atomic E-state index is 9.45. The van der Waals surface area contributed by atoms with Gasteiger partial charge in [-0.05, 0) is 79.8 Å². The molecule has 7 heteroatoms. The SMILES string of the molecule is C1=Cc2cc3ccc(cc4ccc(cc5nc(cc1n2)C=C5)[nH]4)[nH]3.CC(O)C(=O)O. The maximum absolute atomic E-state index is 9.45. The van der Waals surface area contributed by atoms with Crippen LogP contribution in [0.15, 0.2) is 48.5 Å². The largest absolute Gasteiger partial charge is 0.479 e. The lowest BCUT2D eigenvalue weighted by molar-refractivity contribution is -0.145. The predicted octanol–water partition coefficient (Wildman–Crippen LogP) is 4.11. The fourth-order valence-electron chi connectivity index (χ4n) is 2.94. The monoisotopic (exact) mass is 400 g/mol. The lowest BCUT2D eigenvalue weighted by Crippen LogP contribution is -2.13. The quantitative estimate of drug-likeness (QED) is 0.338. The molecule has 0 saturated carbocycles. The van der Waals surface area contributed by atoms with E-state index in [1.165, 1.54) is 6.92 Å². The molecule has 0 spiro atoms. The highest BCUT2D eigenvalue weighted by molar-refractivity contribution is 5.77. The molecule has 0 radical (unpaired) electrons. The number of nitrogens with one attached hydrogen (secondary N) is 2. The third-order valence-electron chi connectivity index (χ3n) is 4.40. The number of H-pyrrole nitrogens is 2. The molecular formula is C23H20N4O3. The van der Waals surface area contributed by atoms with Gasteiger partial charge in [0.2, 0.25) is 0 Å². The van der Waals surface area contributed by atoms with Crippen molar-refractivity contribution < 1.29 is 15.0 Å². The summed E-state index contributed by atoms with van der Waals surface area (Å²) in [5.41, 5.74) is 7.86. The second kappa shape index (κ2) is 8.18. The Morgan fingerprint density at radius 3 is 1.43 bits per heavy atom. The summed E-state index contributed by atoms with van der Waals surface area (Å²) < 4.78 is 0. The van der Waals surface area contributed by atoms with E-state index >= 15 is 0 Å². The van der Waals surface area contributed by atoms with Crippen molar-refractivity contribution in [3.8, 4) is 0 Å². The van der Waals surface area contributed by atoms with Crippen LogP contribution in [0.4, 0.5) is 0 Å². The number of aliphatic hydroxyl groups is 1. The van der Waals surface area contributed by atoms with Crippen molar-refractivity contribution in [3.05, 3.63) is 71.3 Å². The van der Waals surface area contributed by atoms with Crippen LogP contribution in [0.25, 0.3) is 46.4 Å². The summed E-state index contributed by atoms with van der Waals surface area (Å²) in [5.74, 6) is -1.19. The van der Waals surface area contributed by atoms with Gasteiger partial charge in [-0.3, -0.25) is 0 Å². The summed E-state index contributed by atoms with van der Waals surface area (Å²) in [5, 5.41) is 15.8. The number of rotatable bonds is 1. The molecule has 5 rings (SSSR count). The maximum Gasteiger partial charge on any atom is 0.332 e. The Kier molecular flexibility index (Phi) is 5.28. The van der Waals surface area contributed by atoms with E-state index < -0.39 is 12.1 Å². The van der Waals surface area contributed by atoms with Crippen LogP contribution in [0.3, 0.4) is 0 Å². The van der Waals surface area contributed by atoms with Gasteiger partial charge in [-0.15, -0.1) is 0 Å². The molecule has 30 heavy (non-hydrogen) atoms. The number of aliphatic carboxylic acids is 1. The van der Waals surface area contributed by atoms with Gasteiger partial charge in [-0.1, -0.05) is 0 Å². The van der Waals surface area contributed by atoms with Crippen molar-refractivity contribution in [1.29, 1.82) is 0 Å². The smallest absolute Gasteiger partial charge is 0.332 e. The number of fused-ring (bicyclic) bond motifs is 8. The molecule has 1 unspecified atom stereocenters. The Hall–Kier alpha value is -3.97. The van der Waals surface area contributed by atoms with Crippen LogP contribution in [0.1, 0.15) is 29.7 Å². The fourth-order valence-corrected chi connectivity index (χ4v) is 2.94. The molecule has 0 amide bonds. The minimum atomic E-state index is -1.23. The third-order valence-corrected chi connectivity index (χ3v) is 4.40. The highest BCUT2D eigenvalue weighted by Gasteiger charge is 2.02. The molecule has 0 aromatic carbocycles. The Morgan fingerprint density at radius 2 is 1.07 bits per heavy atom. The molecule has 3 aromatic heterocycles. The highest BCUT2D eigenvalue weighted by Crippen LogP contribution is 2.17. The number of aromatic amines is 2. The molecule has 150 valence electrons.